The maximum atomic E-state index is 11.5. The molecule has 0 saturated carbocycles. The number of carbonyl (C=O) groups excluding carboxylic acids is 1. The van der Waals surface area contributed by atoms with Gasteiger partial charge in [0.05, 0.1) is 6.61 Å². The highest BCUT2D eigenvalue weighted by atomic mass is 16.5. The molecule has 1 aliphatic heterocycles. The molecule has 1 unspecified atom stereocenters. The number of ketones is 1. The lowest BCUT2D eigenvalue weighted by Gasteiger charge is -2.20. The Bertz CT molecular complexity index is 178. The Kier molecular flexibility index (Phi) is 3.48. The van der Waals surface area contributed by atoms with Crippen molar-refractivity contribution in [3.63, 3.8) is 0 Å². The van der Waals surface area contributed by atoms with Crippen molar-refractivity contribution < 1.29 is 9.53 Å². The third kappa shape index (κ3) is 2.78. The van der Waals surface area contributed by atoms with E-state index >= 15 is 0 Å². The predicted molar refractivity (Wildman–Crippen MR) is 48.0 cm³/mol. The number of rotatable bonds is 3. The predicted octanol–water partition coefficient (Wildman–Crippen LogP) is 1.95. The van der Waals surface area contributed by atoms with E-state index in [-0.39, 0.29) is 5.92 Å². The van der Waals surface area contributed by atoms with Crippen LogP contribution in [0, 0.1) is 5.92 Å². The first kappa shape index (κ1) is 9.46. The highest BCUT2D eigenvalue weighted by Gasteiger charge is 2.20. The molecular formula is C10H16O2. The van der Waals surface area contributed by atoms with E-state index in [0.717, 1.165) is 25.0 Å². The van der Waals surface area contributed by atoms with E-state index < -0.39 is 0 Å². The monoisotopic (exact) mass is 168 g/mol. The first-order chi connectivity index (χ1) is 5.70. The molecule has 2 nitrogen and oxygen atoms in total. The van der Waals surface area contributed by atoms with Crippen molar-refractivity contribution in [1.82, 2.24) is 0 Å². The van der Waals surface area contributed by atoms with E-state index in [1.165, 1.54) is 0 Å². The summed E-state index contributed by atoms with van der Waals surface area (Å²) >= 11 is 0. The molecule has 12 heavy (non-hydrogen) atoms. The summed E-state index contributed by atoms with van der Waals surface area (Å²) in [5.41, 5.74) is 0.950. The fourth-order valence-corrected chi connectivity index (χ4v) is 1.44. The lowest BCUT2D eigenvalue weighted by Crippen LogP contribution is -2.25. The summed E-state index contributed by atoms with van der Waals surface area (Å²) in [5, 5.41) is 0. The summed E-state index contributed by atoms with van der Waals surface area (Å²) in [4.78, 5) is 11.5. The molecule has 1 aliphatic rings. The number of ether oxygens (including phenoxy) is 1. The van der Waals surface area contributed by atoms with Crippen LogP contribution in [0.3, 0.4) is 0 Å². The summed E-state index contributed by atoms with van der Waals surface area (Å²) in [6, 6.07) is 0. The van der Waals surface area contributed by atoms with Gasteiger partial charge in [0, 0.05) is 18.9 Å². The Balaban J connectivity index is 2.34. The van der Waals surface area contributed by atoms with Crippen molar-refractivity contribution >= 4 is 5.78 Å². The zero-order valence-electron chi connectivity index (χ0n) is 7.64. The maximum absolute atomic E-state index is 11.5. The molecular weight excluding hydrogens is 152 g/mol. The summed E-state index contributed by atoms with van der Waals surface area (Å²) in [7, 11) is 0. The minimum absolute atomic E-state index is 0.135. The second-order valence-corrected chi connectivity index (χ2v) is 3.51. The summed E-state index contributed by atoms with van der Waals surface area (Å²) in [6.45, 7) is 7.05. The zero-order chi connectivity index (χ0) is 8.97. The van der Waals surface area contributed by atoms with E-state index in [4.69, 9.17) is 4.74 Å². The molecule has 0 radical (unpaired) electrons. The smallest absolute Gasteiger partial charge is 0.142 e. The molecule has 1 atom stereocenters. The topological polar surface area (TPSA) is 26.3 Å². The van der Waals surface area contributed by atoms with Gasteiger partial charge in [-0.05, 0) is 19.8 Å². The van der Waals surface area contributed by atoms with Gasteiger partial charge in [-0.2, -0.15) is 0 Å². The first-order valence-electron chi connectivity index (χ1n) is 4.45. The van der Waals surface area contributed by atoms with Crippen LogP contribution in [0.5, 0.6) is 0 Å². The van der Waals surface area contributed by atoms with Gasteiger partial charge in [0.1, 0.15) is 5.78 Å². The summed E-state index contributed by atoms with van der Waals surface area (Å²) in [5.74, 6) is 0.428. The van der Waals surface area contributed by atoms with Crippen LogP contribution in [0.4, 0.5) is 0 Å². The van der Waals surface area contributed by atoms with Crippen LogP contribution >= 0.6 is 0 Å². The lowest BCUT2D eigenvalue weighted by atomic mass is 9.94. The minimum atomic E-state index is 0.135. The van der Waals surface area contributed by atoms with Gasteiger partial charge in [-0.15, -0.1) is 0 Å². The molecule has 0 aromatic carbocycles. The van der Waals surface area contributed by atoms with Crippen LogP contribution < -0.4 is 0 Å². The van der Waals surface area contributed by atoms with Gasteiger partial charge >= 0.3 is 0 Å². The van der Waals surface area contributed by atoms with Crippen LogP contribution in [-0.4, -0.2) is 19.0 Å². The van der Waals surface area contributed by atoms with Crippen molar-refractivity contribution in [2.45, 2.75) is 26.2 Å². The molecule has 0 aromatic rings. The Morgan fingerprint density at radius 1 is 1.67 bits per heavy atom. The normalized spacial score (nSPS) is 23.6. The van der Waals surface area contributed by atoms with Crippen LogP contribution in [-0.2, 0) is 9.53 Å². The number of hydrogen-bond acceptors (Lipinski definition) is 2. The lowest BCUT2D eigenvalue weighted by molar-refractivity contribution is -0.126. The molecule has 68 valence electrons. The standard InChI is InChI=1S/C10H16O2/c1-8(2)6-10(11)9-4-3-5-12-7-9/h9H,1,3-7H2,2H3. The van der Waals surface area contributed by atoms with E-state index in [9.17, 15) is 4.79 Å². The van der Waals surface area contributed by atoms with Gasteiger partial charge < -0.3 is 4.74 Å². The number of Topliss-reactive ketones (excluding diaryl/α,β-unsaturated/α-hetero) is 1. The second-order valence-electron chi connectivity index (χ2n) is 3.51. The number of carbonyl (C=O) groups is 1. The van der Waals surface area contributed by atoms with Gasteiger partial charge in [0.15, 0.2) is 0 Å². The minimum Gasteiger partial charge on any atom is -0.381 e. The van der Waals surface area contributed by atoms with Crippen molar-refractivity contribution in [1.29, 1.82) is 0 Å². The quantitative estimate of drug-likeness (QED) is 0.602. The zero-order valence-corrected chi connectivity index (χ0v) is 7.64. The molecule has 2 heteroatoms. The SMILES string of the molecule is C=C(C)CC(=O)C1CCCOC1. The highest BCUT2D eigenvalue weighted by Crippen LogP contribution is 2.17. The molecule has 0 aromatic heterocycles. The van der Waals surface area contributed by atoms with E-state index in [1.807, 2.05) is 6.92 Å². The van der Waals surface area contributed by atoms with Crippen molar-refractivity contribution in [2.75, 3.05) is 13.2 Å². The average molecular weight is 168 g/mol. The Labute approximate surface area is 73.6 Å². The van der Waals surface area contributed by atoms with E-state index in [1.54, 1.807) is 0 Å². The van der Waals surface area contributed by atoms with Crippen LogP contribution in [0.2, 0.25) is 0 Å². The molecule has 0 aliphatic carbocycles. The molecule has 0 spiro atoms. The van der Waals surface area contributed by atoms with Crippen molar-refractivity contribution in [3.05, 3.63) is 12.2 Å². The Hall–Kier alpha value is -0.630. The van der Waals surface area contributed by atoms with Crippen LogP contribution in [0.15, 0.2) is 12.2 Å². The third-order valence-corrected chi connectivity index (χ3v) is 2.09. The highest BCUT2D eigenvalue weighted by molar-refractivity contribution is 5.83. The second kappa shape index (κ2) is 4.41. The first-order valence-corrected chi connectivity index (χ1v) is 4.45. The van der Waals surface area contributed by atoms with Gasteiger partial charge in [-0.1, -0.05) is 12.2 Å². The molecule has 0 amide bonds. The number of hydrogen-bond donors (Lipinski definition) is 0. The average Bonchev–Trinajstić information content (AvgIpc) is 2.05. The van der Waals surface area contributed by atoms with Gasteiger partial charge in [0.2, 0.25) is 0 Å². The van der Waals surface area contributed by atoms with Crippen LogP contribution in [0.25, 0.3) is 0 Å². The Morgan fingerprint density at radius 2 is 2.42 bits per heavy atom. The number of allylic oxidation sites excluding steroid dienone is 1. The molecule has 1 heterocycles. The molecule has 1 fully saturated rings. The largest absolute Gasteiger partial charge is 0.381 e. The fourth-order valence-electron chi connectivity index (χ4n) is 1.44. The van der Waals surface area contributed by atoms with Crippen molar-refractivity contribution in [2.24, 2.45) is 5.92 Å². The van der Waals surface area contributed by atoms with Gasteiger partial charge in [-0.3, -0.25) is 4.79 Å². The summed E-state index contributed by atoms with van der Waals surface area (Å²) < 4.78 is 5.23. The van der Waals surface area contributed by atoms with Crippen molar-refractivity contribution in [3.8, 4) is 0 Å². The molecule has 0 N–H and O–H groups in total. The van der Waals surface area contributed by atoms with Gasteiger partial charge in [-0.25, -0.2) is 0 Å². The van der Waals surface area contributed by atoms with E-state index in [0.29, 0.717) is 18.8 Å². The molecule has 1 saturated heterocycles. The van der Waals surface area contributed by atoms with Gasteiger partial charge in [0.25, 0.3) is 0 Å². The third-order valence-electron chi connectivity index (χ3n) is 2.09. The Morgan fingerprint density at radius 3 is 2.92 bits per heavy atom. The molecule has 0 bridgehead atoms. The maximum Gasteiger partial charge on any atom is 0.142 e. The van der Waals surface area contributed by atoms with Crippen LogP contribution in [0.1, 0.15) is 26.2 Å². The summed E-state index contributed by atoms with van der Waals surface area (Å²) in [6.07, 6.45) is 2.53. The molecule has 1 rings (SSSR count). The van der Waals surface area contributed by atoms with E-state index in [2.05, 4.69) is 6.58 Å². The fraction of sp³-hybridized carbons (Fsp3) is 0.700.